The number of hydrogen-bond acceptors (Lipinski definition) is 11. The van der Waals surface area contributed by atoms with Crippen molar-refractivity contribution in [2.75, 3.05) is 6.54 Å². The molecular formula is C51H83N3O16. The highest BCUT2D eigenvalue weighted by Crippen LogP contribution is 2.31. The Labute approximate surface area is 412 Å². The molecule has 1 fully saturated rings. The molecule has 1 aliphatic rings. The van der Waals surface area contributed by atoms with Crippen molar-refractivity contribution in [2.24, 2.45) is 23.7 Å². The smallest absolute Gasteiger partial charge is 0.306 e. The molecule has 3 amide bonds. The molecule has 0 aromatic heterocycles. The van der Waals surface area contributed by atoms with Crippen LogP contribution in [-0.2, 0) is 52.7 Å². The third-order valence-electron chi connectivity index (χ3n) is 13.3. The summed E-state index contributed by atoms with van der Waals surface area (Å²) in [5, 5.41) is 53.9. The van der Waals surface area contributed by atoms with Gasteiger partial charge in [0.25, 0.3) is 0 Å². The van der Waals surface area contributed by atoms with E-state index < -0.39 is 116 Å². The zero-order valence-electron chi connectivity index (χ0n) is 41.5. The minimum atomic E-state index is -1.45. The van der Waals surface area contributed by atoms with Crippen LogP contribution < -0.4 is 16.0 Å². The predicted molar refractivity (Wildman–Crippen MR) is 257 cm³/mol. The van der Waals surface area contributed by atoms with Crippen molar-refractivity contribution in [3.8, 4) is 0 Å². The summed E-state index contributed by atoms with van der Waals surface area (Å²) in [5.74, 6) is -11.8. The summed E-state index contributed by atoms with van der Waals surface area (Å²) in [6.45, 7) is 1.64. The summed E-state index contributed by atoms with van der Waals surface area (Å²) in [6, 6.07) is -2.68. The van der Waals surface area contributed by atoms with Crippen molar-refractivity contribution in [3.63, 3.8) is 0 Å². The molecule has 70 heavy (non-hydrogen) atoms. The fourth-order valence-corrected chi connectivity index (χ4v) is 8.89. The van der Waals surface area contributed by atoms with Crippen LogP contribution in [0.2, 0.25) is 0 Å². The fraction of sp³-hybridized carbons (Fsp3) is 0.784. The molecule has 1 aliphatic carbocycles. The minimum absolute atomic E-state index is 0.0141. The first-order chi connectivity index (χ1) is 33.3. The van der Waals surface area contributed by atoms with Crippen LogP contribution in [0.15, 0.2) is 0 Å². The molecule has 0 aromatic carbocycles. The molecular weight excluding hydrogens is 911 g/mol. The van der Waals surface area contributed by atoms with Crippen LogP contribution in [0.3, 0.4) is 0 Å². The van der Waals surface area contributed by atoms with Crippen LogP contribution in [0, 0.1) is 23.7 Å². The van der Waals surface area contributed by atoms with E-state index in [0.29, 0.717) is 38.6 Å². The lowest BCUT2D eigenvalue weighted by molar-refractivity contribution is -0.145. The first-order valence-corrected chi connectivity index (χ1v) is 25.8. The summed E-state index contributed by atoms with van der Waals surface area (Å²) < 4.78 is 0. The van der Waals surface area contributed by atoms with Gasteiger partial charge in [-0.2, -0.15) is 0 Å². The molecule has 0 saturated heterocycles. The largest absolute Gasteiger partial charge is 0.481 e. The van der Waals surface area contributed by atoms with Crippen LogP contribution in [0.1, 0.15) is 212 Å². The van der Waals surface area contributed by atoms with E-state index in [2.05, 4.69) is 16.0 Å². The van der Waals surface area contributed by atoms with Crippen molar-refractivity contribution in [3.05, 3.63) is 0 Å². The molecule has 0 aromatic rings. The molecule has 4 unspecified atom stereocenters. The van der Waals surface area contributed by atoms with Crippen LogP contribution in [-0.4, -0.2) is 109 Å². The highest BCUT2D eigenvalue weighted by molar-refractivity contribution is 5.94. The lowest BCUT2D eigenvalue weighted by Gasteiger charge is -2.28. The molecule has 0 heterocycles. The quantitative estimate of drug-likeness (QED) is 0.0280. The highest BCUT2D eigenvalue weighted by atomic mass is 16.4. The predicted octanol–water partition coefficient (Wildman–Crippen LogP) is 7.18. The Hall–Kier alpha value is -5.23. The topological polar surface area (TPSA) is 325 Å². The Morgan fingerprint density at radius 1 is 0.443 bits per heavy atom. The Bertz CT molecular complexity index is 1680. The standard InChI is InChI=1S/C51H83N3O16/c1-35(55)40(26-30-48(64)65)54-50(68)38(25-29-47(62)63)32-43(57)41(27-31-49(66)67)53-45(59)28-24-39(51(69)70)33-42(56)37-22-20-36(21-23-37)34-52-44(58)18-16-14-12-10-8-6-4-2-3-5-7-9-11-13-15-17-19-46(60)61/h36-41H,2-34H2,1H3,(H,52,58)(H,53,59)(H,54,68)(H,60,61)(H,62,63)(H,64,65)(H,66,67)(H,69,70). The van der Waals surface area contributed by atoms with Crippen molar-refractivity contribution in [1.82, 2.24) is 16.0 Å². The van der Waals surface area contributed by atoms with Gasteiger partial charge >= 0.3 is 29.8 Å². The minimum Gasteiger partial charge on any atom is -0.481 e. The fourth-order valence-electron chi connectivity index (χ4n) is 8.89. The van der Waals surface area contributed by atoms with Crippen LogP contribution in [0.5, 0.6) is 0 Å². The average Bonchev–Trinajstić information content (AvgIpc) is 3.30. The Morgan fingerprint density at radius 3 is 1.33 bits per heavy atom. The van der Waals surface area contributed by atoms with Gasteiger partial charge in [0.1, 0.15) is 5.78 Å². The number of carboxylic acid groups (broad SMARTS) is 5. The molecule has 1 saturated carbocycles. The summed E-state index contributed by atoms with van der Waals surface area (Å²) in [5.41, 5.74) is 0. The van der Waals surface area contributed by atoms with Gasteiger partial charge < -0.3 is 41.5 Å². The normalized spacial score (nSPS) is 16.2. The maximum absolute atomic E-state index is 13.5. The van der Waals surface area contributed by atoms with Gasteiger partial charge in [-0.15, -0.1) is 0 Å². The number of carbonyl (C=O) groups excluding carboxylic acids is 6. The molecule has 398 valence electrons. The van der Waals surface area contributed by atoms with E-state index in [9.17, 15) is 68.1 Å². The van der Waals surface area contributed by atoms with Crippen LogP contribution in [0.4, 0.5) is 0 Å². The SMILES string of the molecule is CC(=O)C(CCC(=O)O)NC(=O)C(CCC(=O)O)CC(=O)C(CCC(=O)O)NC(=O)CCC(CC(=O)C1CCC(CNC(=O)CCCCCCCCCCCCCCCCCCC(=O)O)CC1)C(=O)O. The van der Waals surface area contributed by atoms with Gasteiger partial charge in [-0.05, 0) is 77.0 Å². The van der Waals surface area contributed by atoms with Gasteiger partial charge in [0.2, 0.25) is 17.7 Å². The molecule has 19 nitrogen and oxygen atoms in total. The monoisotopic (exact) mass is 994 g/mol. The molecule has 4 atom stereocenters. The Morgan fingerprint density at radius 2 is 0.871 bits per heavy atom. The third-order valence-corrected chi connectivity index (χ3v) is 13.3. The van der Waals surface area contributed by atoms with E-state index in [0.717, 1.165) is 45.4 Å². The number of rotatable bonds is 44. The average molecular weight is 994 g/mol. The number of hydrogen-bond donors (Lipinski definition) is 8. The zero-order valence-corrected chi connectivity index (χ0v) is 41.5. The Balaban J connectivity index is 2.46. The number of amides is 3. The van der Waals surface area contributed by atoms with Gasteiger partial charge in [0, 0.05) is 69.7 Å². The number of carbonyl (C=O) groups is 11. The van der Waals surface area contributed by atoms with Crippen LogP contribution in [0.25, 0.3) is 0 Å². The molecule has 0 aliphatic heterocycles. The van der Waals surface area contributed by atoms with E-state index in [-0.39, 0.29) is 55.6 Å². The van der Waals surface area contributed by atoms with Gasteiger partial charge in [0.15, 0.2) is 11.6 Å². The van der Waals surface area contributed by atoms with Crippen molar-refractivity contribution >= 4 is 64.9 Å². The maximum atomic E-state index is 13.5. The van der Waals surface area contributed by atoms with Gasteiger partial charge in [-0.1, -0.05) is 89.9 Å². The second-order valence-electron chi connectivity index (χ2n) is 19.3. The van der Waals surface area contributed by atoms with Gasteiger partial charge in [0.05, 0.1) is 18.0 Å². The number of carboxylic acids is 5. The van der Waals surface area contributed by atoms with Gasteiger partial charge in [-0.25, -0.2) is 0 Å². The van der Waals surface area contributed by atoms with E-state index in [1.807, 2.05) is 0 Å². The maximum Gasteiger partial charge on any atom is 0.306 e. The molecule has 8 N–H and O–H groups in total. The van der Waals surface area contributed by atoms with E-state index in [4.69, 9.17) is 10.2 Å². The van der Waals surface area contributed by atoms with E-state index >= 15 is 0 Å². The van der Waals surface area contributed by atoms with Crippen LogP contribution >= 0.6 is 0 Å². The first-order valence-electron chi connectivity index (χ1n) is 25.8. The zero-order chi connectivity index (χ0) is 52.3. The van der Waals surface area contributed by atoms with Crippen molar-refractivity contribution in [1.29, 1.82) is 0 Å². The molecule has 1 rings (SSSR count). The number of unbranched alkanes of at least 4 members (excludes halogenated alkanes) is 15. The number of ketones is 3. The van der Waals surface area contributed by atoms with Crippen molar-refractivity contribution < 1.29 is 78.3 Å². The molecule has 0 radical (unpaired) electrons. The third kappa shape index (κ3) is 31.8. The lowest BCUT2D eigenvalue weighted by Crippen LogP contribution is -2.46. The second-order valence-corrected chi connectivity index (χ2v) is 19.3. The number of aliphatic carboxylic acids is 5. The van der Waals surface area contributed by atoms with E-state index in [1.54, 1.807) is 0 Å². The number of Topliss-reactive ketones (excluding diaryl/α,β-unsaturated/α-hetero) is 3. The lowest BCUT2D eigenvalue weighted by atomic mass is 9.78. The second kappa shape index (κ2) is 37.6. The van der Waals surface area contributed by atoms with Gasteiger partial charge in [-0.3, -0.25) is 52.7 Å². The molecule has 19 heteroatoms. The first kappa shape index (κ1) is 62.8. The summed E-state index contributed by atoms with van der Waals surface area (Å²) in [7, 11) is 0. The van der Waals surface area contributed by atoms with E-state index in [1.165, 1.54) is 64.2 Å². The number of nitrogens with one attached hydrogen (secondary N) is 3. The Kier molecular flexibility index (Phi) is 33.7. The summed E-state index contributed by atoms with van der Waals surface area (Å²) >= 11 is 0. The molecule has 0 spiro atoms. The summed E-state index contributed by atoms with van der Waals surface area (Å²) in [6.07, 6.45) is 17.2. The molecule has 0 bridgehead atoms. The van der Waals surface area contributed by atoms with Crippen molar-refractivity contribution in [2.45, 2.75) is 224 Å². The summed E-state index contributed by atoms with van der Waals surface area (Å²) in [4.78, 5) is 134. The highest BCUT2D eigenvalue weighted by Gasteiger charge is 2.33.